The number of hydrogen-bond donors (Lipinski definition) is 2. The van der Waals surface area contributed by atoms with E-state index in [1.165, 1.54) is 10.4 Å². The number of aliphatic hydroxyl groups excluding tert-OH is 2. The number of benzene rings is 2. The van der Waals surface area contributed by atoms with Gasteiger partial charge in [-0.3, -0.25) is 0 Å². The highest BCUT2D eigenvalue weighted by Gasteiger charge is 2.50. The Kier molecular flexibility index (Phi) is 8.40. The van der Waals surface area contributed by atoms with Crippen molar-refractivity contribution in [3.8, 4) is 0 Å². The van der Waals surface area contributed by atoms with Crippen molar-refractivity contribution < 1.29 is 19.4 Å². The van der Waals surface area contributed by atoms with Crippen molar-refractivity contribution in [2.45, 2.75) is 51.4 Å². The molecule has 154 valence electrons. The van der Waals surface area contributed by atoms with Gasteiger partial charge in [0.1, 0.15) is 0 Å². The van der Waals surface area contributed by atoms with E-state index in [0.717, 1.165) is 0 Å². The number of ether oxygens (including phenoxy) is 1. The molecule has 0 aliphatic heterocycles. The predicted octanol–water partition coefficient (Wildman–Crippen LogP) is 2.71. The summed E-state index contributed by atoms with van der Waals surface area (Å²) in [6, 6.07) is 20.9. The lowest BCUT2D eigenvalue weighted by Crippen LogP contribution is -2.67. The molecule has 2 atom stereocenters. The predicted molar refractivity (Wildman–Crippen MR) is 117 cm³/mol. The van der Waals surface area contributed by atoms with Gasteiger partial charge in [0.25, 0.3) is 8.32 Å². The molecular formula is C23H34O4Si. The van der Waals surface area contributed by atoms with E-state index in [1.54, 1.807) is 6.92 Å². The molecule has 0 saturated carbocycles. The maximum Gasteiger partial charge on any atom is 0.261 e. The maximum absolute atomic E-state index is 9.86. The molecule has 0 fully saturated rings. The first-order valence-corrected chi connectivity index (χ1v) is 11.9. The van der Waals surface area contributed by atoms with Crippen LogP contribution in [0.2, 0.25) is 5.04 Å². The average molecular weight is 403 g/mol. The molecule has 2 rings (SSSR count). The molecule has 0 amide bonds. The van der Waals surface area contributed by atoms with E-state index >= 15 is 0 Å². The van der Waals surface area contributed by atoms with Crippen LogP contribution in [-0.4, -0.2) is 50.6 Å². The molecular weight excluding hydrogens is 368 g/mol. The first-order valence-electron chi connectivity index (χ1n) is 9.97. The standard InChI is InChI=1S/C23H34O4Si/c1-19(25)17-20(26-16-15-24)18-27-28(23(2,3)4,21-11-7-5-8-12-21)22-13-9-6-10-14-22/h5-14,19-20,24-25H,15-18H2,1-4H3/t19-,20?/m0/s1. The van der Waals surface area contributed by atoms with Crippen LogP contribution in [0.5, 0.6) is 0 Å². The average Bonchev–Trinajstić information content (AvgIpc) is 2.66. The minimum Gasteiger partial charge on any atom is -0.405 e. The van der Waals surface area contributed by atoms with E-state index in [9.17, 15) is 5.11 Å². The second kappa shape index (κ2) is 10.3. The van der Waals surface area contributed by atoms with Gasteiger partial charge in [-0.25, -0.2) is 0 Å². The van der Waals surface area contributed by atoms with Gasteiger partial charge in [-0.2, -0.15) is 0 Å². The molecule has 4 nitrogen and oxygen atoms in total. The summed E-state index contributed by atoms with van der Waals surface area (Å²) in [4.78, 5) is 0. The van der Waals surface area contributed by atoms with Crippen molar-refractivity contribution in [3.63, 3.8) is 0 Å². The molecule has 0 bridgehead atoms. The lowest BCUT2D eigenvalue weighted by molar-refractivity contribution is -0.0227. The molecule has 0 heterocycles. The SMILES string of the molecule is C[C@H](O)CC(CO[Si](c1ccccc1)(c1ccccc1)C(C)(C)C)OCCO. The zero-order valence-corrected chi connectivity index (χ0v) is 18.5. The summed E-state index contributed by atoms with van der Waals surface area (Å²) in [5.41, 5.74) is 0. The quantitative estimate of drug-likeness (QED) is 0.600. The van der Waals surface area contributed by atoms with E-state index in [2.05, 4.69) is 69.3 Å². The Morgan fingerprint density at radius 1 is 0.929 bits per heavy atom. The minimum absolute atomic E-state index is 0.0461. The van der Waals surface area contributed by atoms with Gasteiger partial charge in [0.15, 0.2) is 0 Å². The van der Waals surface area contributed by atoms with Crippen LogP contribution in [0, 0.1) is 0 Å². The minimum atomic E-state index is -2.63. The van der Waals surface area contributed by atoms with Crippen molar-refractivity contribution in [1.82, 2.24) is 0 Å². The summed E-state index contributed by atoms with van der Waals surface area (Å²) in [5.74, 6) is 0. The second-order valence-corrected chi connectivity index (χ2v) is 12.6. The summed E-state index contributed by atoms with van der Waals surface area (Å²) in [7, 11) is -2.63. The van der Waals surface area contributed by atoms with Crippen molar-refractivity contribution in [2.75, 3.05) is 19.8 Å². The Hall–Kier alpha value is -1.50. The largest absolute Gasteiger partial charge is 0.405 e. The third-order valence-electron chi connectivity index (χ3n) is 4.95. The monoisotopic (exact) mass is 402 g/mol. The van der Waals surface area contributed by atoms with E-state index in [0.29, 0.717) is 13.0 Å². The Morgan fingerprint density at radius 2 is 1.43 bits per heavy atom. The fourth-order valence-corrected chi connectivity index (χ4v) is 8.35. The van der Waals surface area contributed by atoms with Crippen molar-refractivity contribution in [3.05, 3.63) is 60.7 Å². The van der Waals surface area contributed by atoms with Crippen LogP contribution in [0.15, 0.2) is 60.7 Å². The number of rotatable bonds is 10. The van der Waals surface area contributed by atoms with Crippen LogP contribution in [0.4, 0.5) is 0 Å². The molecule has 5 heteroatoms. The van der Waals surface area contributed by atoms with E-state index < -0.39 is 14.4 Å². The maximum atomic E-state index is 9.86. The number of hydrogen-bond acceptors (Lipinski definition) is 4. The Labute approximate surface area is 170 Å². The smallest absolute Gasteiger partial charge is 0.261 e. The lowest BCUT2D eigenvalue weighted by atomic mass is 10.2. The molecule has 2 aromatic rings. The van der Waals surface area contributed by atoms with Gasteiger partial charge in [0.05, 0.1) is 32.0 Å². The van der Waals surface area contributed by atoms with E-state index in [4.69, 9.17) is 14.3 Å². The van der Waals surface area contributed by atoms with Gasteiger partial charge >= 0.3 is 0 Å². The highest BCUT2D eigenvalue weighted by Crippen LogP contribution is 2.37. The molecule has 28 heavy (non-hydrogen) atoms. The molecule has 0 radical (unpaired) electrons. The zero-order chi connectivity index (χ0) is 20.6. The molecule has 0 aromatic heterocycles. The molecule has 0 aliphatic carbocycles. The highest BCUT2D eigenvalue weighted by molar-refractivity contribution is 6.99. The van der Waals surface area contributed by atoms with Crippen LogP contribution in [-0.2, 0) is 9.16 Å². The molecule has 2 N–H and O–H groups in total. The van der Waals surface area contributed by atoms with Crippen molar-refractivity contribution in [1.29, 1.82) is 0 Å². The van der Waals surface area contributed by atoms with Crippen LogP contribution in [0.3, 0.4) is 0 Å². The normalized spacial score (nSPS) is 14.6. The van der Waals surface area contributed by atoms with Gasteiger partial charge < -0.3 is 19.4 Å². The third kappa shape index (κ3) is 5.52. The van der Waals surface area contributed by atoms with E-state index in [1.807, 2.05) is 12.1 Å². The summed E-state index contributed by atoms with van der Waals surface area (Å²) < 4.78 is 12.6. The Balaban J connectivity index is 2.45. The van der Waals surface area contributed by atoms with Crippen LogP contribution in [0.1, 0.15) is 34.1 Å². The summed E-state index contributed by atoms with van der Waals surface area (Å²) in [6.45, 7) is 9.01. The Morgan fingerprint density at radius 3 is 1.82 bits per heavy atom. The number of aliphatic hydroxyl groups is 2. The van der Waals surface area contributed by atoms with Gasteiger partial charge in [-0.1, -0.05) is 81.4 Å². The first-order chi connectivity index (χ1) is 13.3. The van der Waals surface area contributed by atoms with Crippen molar-refractivity contribution in [2.24, 2.45) is 0 Å². The first kappa shape index (κ1) is 22.8. The molecule has 0 aliphatic rings. The fraction of sp³-hybridized carbons (Fsp3) is 0.478. The van der Waals surface area contributed by atoms with Gasteiger partial charge in [0.2, 0.25) is 0 Å². The zero-order valence-electron chi connectivity index (χ0n) is 17.5. The van der Waals surface area contributed by atoms with Crippen LogP contribution >= 0.6 is 0 Å². The van der Waals surface area contributed by atoms with Crippen LogP contribution in [0.25, 0.3) is 0 Å². The fourth-order valence-electron chi connectivity index (χ4n) is 3.76. The van der Waals surface area contributed by atoms with Gasteiger partial charge in [-0.15, -0.1) is 0 Å². The van der Waals surface area contributed by atoms with Crippen LogP contribution < -0.4 is 10.4 Å². The Bertz CT molecular complexity index is 643. The van der Waals surface area contributed by atoms with Crippen molar-refractivity contribution >= 4 is 18.7 Å². The molecule has 2 aromatic carbocycles. The summed E-state index contributed by atoms with van der Waals surface area (Å²) >= 11 is 0. The summed E-state index contributed by atoms with van der Waals surface area (Å²) in [5, 5.41) is 21.3. The third-order valence-corrected chi connectivity index (χ3v) is 9.96. The molecule has 1 unspecified atom stereocenters. The second-order valence-electron chi connectivity index (χ2n) is 8.28. The summed E-state index contributed by atoms with van der Waals surface area (Å²) in [6.07, 6.45) is -0.293. The lowest BCUT2D eigenvalue weighted by Gasteiger charge is -2.43. The molecule has 0 saturated heterocycles. The van der Waals surface area contributed by atoms with E-state index in [-0.39, 0.29) is 24.4 Å². The highest BCUT2D eigenvalue weighted by atomic mass is 28.4. The molecule has 0 spiro atoms. The topological polar surface area (TPSA) is 58.9 Å². The van der Waals surface area contributed by atoms with Gasteiger partial charge in [-0.05, 0) is 22.3 Å². The van der Waals surface area contributed by atoms with Gasteiger partial charge in [0, 0.05) is 6.42 Å².